The number of hydrogen-bond acceptors (Lipinski definition) is 9. The average molecular weight is 826 g/mol. The van der Waals surface area contributed by atoms with E-state index in [4.69, 9.17) is 19.3 Å². The third-order valence-electron chi connectivity index (χ3n) is 7.91. The summed E-state index contributed by atoms with van der Waals surface area (Å²) in [5.41, 5.74) is 1.40. The molecule has 2 amide bonds. The van der Waals surface area contributed by atoms with Gasteiger partial charge in [0.05, 0.1) is 30.7 Å². The second-order valence-corrected chi connectivity index (χ2v) is 13.0. The Hall–Kier alpha value is -5.86. The van der Waals surface area contributed by atoms with Gasteiger partial charge in [0.15, 0.2) is 0 Å². The number of alkyl halides is 3. The third kappa shape index (κ3) is 15.4. The zero-order valence-electron chi connectivity index (χ0n) is 36.7. The van der Waals surface area contributed by atoms with Crippen LogP contribution in [0.4, 0.5) is 23.8 Å². The Balaban J connectivity index is 0.00000277. The predicted molar refractivity (Wildman–Crippen MR) is 232 cm³/mol. The van der Waals surface area contributed by atoms with Gasteiger partial charge < -0.3 is 30.2 Å². The predicted octanol–water partition coefficient (Wildman–Crippen LogP) is 10.9. The summed E-state index contributed by atoms with van der Waals surface area (Å²) in [5, 5.41) is 14.3. The number of carbonyl (C=O) groups is 2. The normalized spacial score (nSPS) is 11.9. The van der Waals surface area contributed by atoms with Crippen molar-refractivity contribution in [1.82, 2.24) is 25.4 Å². The van der Waals surface area contributed by atoms with Gasteiger partial charge in [-0.1, -0.05) is 59.8 Å². The van der Waals surface area contributed by atoms with E-state index in [-0.39, 0.29) is 17.4 Å². The number of aromatic nitrogens is 3. The standard InChI is InChI=1S/C38H44F3N7O5.3C2H6/c1-9-27(38(39,40)41)20-31(42-6)46-35(49)25-12-10-24(11-13-25)33-32-29(48(47-33)19-17-23(2)45-36(50)53-37(3,4)5)16-18-43-34(32)44-22-26-14-15-28(51-7)21-30(26)52-8;3*1-2/h9-16,18,20-21,23H,6,17,19,22H2,1-5,7-8H3,(H,43,44)(H,45,50)(H,46,49);3*1-2H3/b27-9+,31-20+;;;. The number of pyridine rings is 1. The molecular formula is C44H62F3N7O5. The minimum atomic E-state index is -4.63. The van der Waals surface area contributed by atoms with Crippen LogP contribution < -0.4 is 25.4 Å². The van der Waals surface area contributed by atoms with Crippen LogP contribution in [0.15, 0.2) is 83.3 Å². The summed E-state index contributed by atoms with van der Waals surface area (Å²) in [6.07, 6.45) is -1.36. The molecule has 0 saturated carbocycles. The lowest BCUT2D eigenvalue weighted by molar-refractivity contribution is -0.0884. The number of amides is 2. The summed E-state index contributed by atoms with van der Waals surface area (Å²) in [4.78, 5) is 33.6. The summed E-state index contributed by atoms with van der Waals surface area (Å²) in [6.45, 7) is 24.6. The molecule has 0 aliphatic rings. The van der Waals surface area contributed by atoms with E-state index in [9.17, 15) is 22.8 Å². The summed E-state index contributed by atoms with van der Waals surface area (Å²) in [5.74, 6) is 0.802. The number of nitrogens with zero attached hydrogens (tertiary/aromatic N) is 4. The molecule has 0 aliphatic heterocycles. The molecule has 2 heterocycles. The SMILES string of the molecule is C=N/C(=C\C(=C/C)C(F)(F)F)NC(=O)c1ccc(-c2nn(CCC(C)NC(=O)OC(C)(C)C)c3ccnc(NCc4ccc(OC)cc4OC)c23)cc1.CC.CC.CC. The van der Waals surface area contributed by atoms with Crippen molar-refractivity contribution in [1.29, 1.82) is 0 Å². The molecule has 2 aromatic carbocycles. The molecule has 1 unspecified atom stereocenters. The van der Waals surface area contributed by atoms with Crippen LogP contribution >= 0.6 is 0 Å². The molecule has 15 heteroatoms. The van der Waals surface area contributed by atoms with Crippen LogP contribution in [0.5, 0.6) is 11.5 Å². The second-order valence-electron chi connectivity index (χ2n) is 13.0. The minimum absolute atomic E-state index is 0.172. The van der Waals surface area contributed by atoms with Crippen LogP contribution in [0.3, 0.4) is 0 Å². The Morgan fingerprint density at radius 2 is 1.61 bits per heavy atom. The Morgan fingerprint density at radius 1 is 0.966 bits per heavy atom. The number of allylic oxidation sites excluding steroid dienone is 3. The fraction of sp³-hybridized carbons (Fsp3) is 0.432. The molecule has 59 heavy (non-hydrogen) atoms. The number of ether oxygens (including phenoxy) is 3. The van der Waals surface area contributed by atoms with E-state index in [0.717, 1.165) is 17.2 Å². The molecule has 3 N–H and O–H groups in total. The molecular weight excluding hydrogens is 764 g/mol. The van der Waals surface area contributed by atoms with E-state index in [2.05, 4.69) is 32.6 Å². The van der Waals surface area contributed by atoms with E-state index in [0.29, 0.717) is 59.5 Å². The average Bonchev–Trinajstić information content (AvgIpc) is 3.60. The quantitative estimate of drug-likeness (QED) is 0.0843. The van der Waals surface area contributed by atoms with Gasteiger partial charge in [-0.05, 0) is 84.2 Å². The number of halogens is 3. The topological polar surface area (TPSA) is 141 Å². The fourth-order valence-corrected chi connectivity index (χ4v) is 5.27. The number of nitrogens with one attached hydrogen (secondary N) is 3. The fourth-order valence-electron chi connectivity index (χ4n) is 5.27. The first-order chi connectivity index (χ1) is 28.1. The third-order valence-corrected chi connectivity index (χ3v) is 7.91. The lowest BCUT2D eigenvalue weighted by atomic mass is 10.1. The van der Waals surface area contributed by atoms with Crippen LogP contribution in [-0.4, -0.2) is 65.5 Å². The van der Waals surface area contributed by atoms with Gasteiger partial charge in [-0.15, -0.1) is 0 Å². The molecule has 4 rings (SSSR count). The number of aliphatic imine (C=N–C) groups is 1. The highest BCUT2D eigenvalue weighted by molar-refractivity contribution is 6.01. The molecule has 0 fully saturated rings. The zero-order valence-corrected chi connectivity index (χ0v) is 36.7. The van der Waals surface area contributed by atoms with Crippen LogP contribution in [0.25, 0.3) is 22.2 Å². The van der Waals surface area contributed by atoms with Crippen molar-refractivity contribution >= 4 is 35.4 Å². The highest BCUT2D eigenvalue weighted by atomic mass is 19.4. The lowest BCUT2D eigenvalue weighted by Crippen LogP contribution is -2.38. The van der Waals surface area contributed by atoms with Gasteiger partial charge in [0.25, 0.3) is 5.91 Å². The molecule has 0 aliphatic carbocycles. The number of fused-ring (bicyclic) bond motifs is 1. The first-order valence-corrected chi connectivity index (χ1v) is 19.7. The van der Waals surface area contributed by atoms with Crippen molar-refractivity contribution in [3.63, 3.8) is 0 Å². The van der Waals surface area contributed by atoms with Gasteiger partial charge in [-0.2, -0.15) is 18.3 Å². The maximum absolute atomic E-state index is 13.3. The van der Waals surface area contributed by atoms with E-state index in [1.807, 2.05) is 71.3 Å². The number of rotatable bonds is 14. The van der Waals surface area contributed by atoms with Crippen LogP contribution in [-0.2, 0) is 17.8 Å². The van der Waals surface area contributed by atoms with Gasteiger partial charge in [-0.3, -0.25) is 9.48 Å². The van der Waals surface area contributed by atoms with Crippen molar-refractivity contribution in [3.05, 3.63) is 89.4 Å². The summed E-state index contributed by atoms with van der Waals surface area (Å²) >= 11 is 0. The Morgan fingerprint density at radius 3 is 2.15 bits per heavy atom. The molecule has 0 saturated heterocycles. The van der Waals surface area contributed by atoms with E-state index >= 15 is 0 Å². The summed E-state index contributed by atoms with van der Waals surface area (Å²) in [7, 11) is 3.16. The first-order valence-electron chi connectivity index (χ1n) is 19.7. The monoisotopic (exact) mass is 825 g/mol. The van der Waals surface area contributed by atoms with E-state index < -0.39 is 29.4 Å². The maximum atomic E-state index is 13.3. The Kier molecular flexibility index (Phi) is 21.5. The molecule has 0 radical (unpaired) electrons. The van der Waals surface area contributed by atoms with Crippen LogP contribution in [0, 0.1) is 0 Å². The molecule has 4 aromatic rings. The molecule has 0 spiro atoms. The number of hydrogen-bond donors (Lipinski definition) is 3. The molecule has 0 bridgehead atoms. The van der Waals surface area contributed by atoms with Crippen LogP contribution in [0.2, 0.25) is 0 Å². The van der Waals surface area contributed by atoms with Gasteiger partial charge in [-0.25, -0.2) is 14.8 Å². The van der Waals surface area contributed by atoms with Crippen molar-refractivity contribution in [2.75, 3.05) is 19.5 Å². The number of alkyl carbamates (subject to hydrolysis) is 1. The number of anilines is 1. The smallest absolute Gasteiger partial charge is 0.416 e. The second kappa shape index (κ2) is 24.8. The van der Waals surface area contributed by atoms with Gasteiger partial charge >= 0.3 is 12.3 Å². The van der Waals surface area contributed by atoms with Gasteiger partial charge in [0.1, 0.15) is 34.4 Å². The number of methoxy groups -OCH3 is 2. The maximum Gasteiger partial charge on any atom is 0.416 e. The molecule has 12 nitrogen and oxygen atoms in total. The highest BCUT2D eigenvalue weighted by Gasteiger charge is 2.32. The summed E-state index contributed by atoms with van der Waals surface area (Å²) < 4.78 is 58.0. The Labute approximate surface area is 347 Å². The first kappa shape index (κ1) is 51.2. The van der Waals surface area contributed by atoms with Crippen molar-refractivity contribution in [2.24, 2.45) is 4.99 Å². The van der Waals surface area contributed by atoms with Crippen molar-refractivity contribution in [2.45, 2.75) is 113 Å². The molecule has 2 aromatic heterocycles. The zero-order chi connectivity index (χ0) is 44.9. The molecule has 324 valence electrons. The van der Waals surface area contributed by atoms with E-state index in [1.54, 1.807) is 59.4 Å². The van der Waals surface area contributed by atoms with Crippen LogP contribution in [0.1, 0.15) is 98.5 Å². The molecule has 1 atom stereocenters. The van der Waals surface area contributed by atoms with Crippen molar-refractivity contribution in [3.8, 4) is 22.8 Å². The number of aryl methyl sites for hydroxylation is 1. The van der Waals surface area contributed by atoms with Gasteiger partial charge in [0.2, 0.25) is 0 Å². The lowest BCUT2D eigenvalue weighted by Gasteiger charge is -2.22. The number of benzene rings is 2. The Bertz CT molecular complexity index is 2000. The van der Waals surface area contributed by atoms with Crippen molar-refractivity contribution < 1.29 is 37.0 Å². The van der Waals surface area contributed by atoms with Gasteiger partial charge in [0, 0.05) is 48.1 Å². The minimum Gasteiger partial charge on any atom is -0.497 e. The van der Waals surface area contributed by atoms with E-state index in [1.165, 1.54) is 19.1 Å². The number of carbonyl (C=O) groups excluding carboxylic acids is 2. The summed E-state index contributed by atoms with van der Waals surface area (Å²) in [6, 6.07) is 13.6. The highest BCUT2D eigenvalue weighted by Crippen LogP contribution is 2.34. The largest absolute Gasteiger partial charge is 0.497 e.